The molecule has 1 heterocycles. The highest BCUT2D eigenvalue weighted by Crippen LogP contribution is 2.17. The van der Waals surface area contributed by atoms with Crippen LogP contribution in [-0.4, -0.2) is 49.4 Å². The van der Waals surface area contributed by atoms with Crippen LogP contribution in [0.15, 0.2) is 54.6 Å². The monoisotopic (exact) mass is 366 g/mol. The number of anilines is 1. The third-order valence-electron chi connectivity index (χ3n) is 4.84. The number of amides is 1. The summed E-state index contributed by atoms with van der Waals surface area (Å²) < 4.78 is 5.66. The minimum Gasteiger partial charge on any atom is -0.493 e. The zero-order chi connectivity index (χ0) is 19.1. The van der Waals surface area contributed by atoms with Crippen molar-refractivity contribution >= 4 is 17.4 Å². The van der Waals surface area contributed by atoms with Gasteiger partial charge in [0.25, 0.3) is 0 Å². The minimum absolute atomic E-state index is 0.117. The SMILES string of the molecule is CCC(=O)c1ccc(OCCC(=O)N2CCN(c3ccccc3)CC2)cc1. The van der Waals surface area contributed by atoms with Gasteiger partial charge in [-0.3, -0.25) is 9.59 Å². The molecule has 1 aliphatic heterocycles. The molecular formula is C22H26N2O3. The number of ether oxygens (including phenoxy) is 1. The fourth-order valence-electron chi connectivity index (χ4n) is 3.21. The summed E-state index contributed by atoms with van der Waals surface area (Å²) in [5, 5.41) is 0. The maximum absolute atomic E-state index is 12.4. The third kappa shape index (κ3) is 5.09. The van der Waals surface area contributed by atoms with Gasteiger partial charge in [0.15, 0.2) is 5.78 Å². The van der Waals surface area contributed by atoms with E-state index in [0.717, 1.165) is 26.2 Å². The molecule has 1 saturated heterocycles. The van der Waals surface area contributed by atoms with Gasteiger partial charge in [-0.25, -0.2) is 0 Å². The van der Waals surface area contributed by atoms with Crippen molar-refractivity contribution in [3.05, 3.63) is 60.2 Å². The van der Waals surface area contributed by atoms with Crippen LogP contribution in [0.1, 0.15) is 30.1 Å². The molecule has 0 saturated carbocycles. The summed E-state index contributed by atoms with van der Waals surface area (Å²) in [6, 6.07) is 17.4. The van der Waals surface area contributed by atoms with Crippen LogP contribution in [-0.2, 0) is 4.79 Å². The van der Waals surface area contributed by atoms with Crippen molar-refractivity contribution < 1.29 is 14.3 Å². The van der Waals surface area contributed by atoms with E-state index in [4.69, 9.17) is 4.74 Å². The van der Waals surface area contributed by atoms with Crippen molar-refractivity contribution in [1.29, 1.82) is 0 Å². The van der Waals surface area contributed by atoms with Crippen LogP contribution in [0.4, 0.5) is 5.69 Å². The minimum atomic E-state index is 0.117. The number of ketones is 1. The van der Waals surface area contributed by atoms with Crippen molar-refractivity contribution in [2.45, 2.75) is 19.8 Å². The second-order valence-electron chi connectivity index (χ2n) is 6.60. The predicted molar refractivity (Wildman–Crippen MR) is 106 cm³/mol. The maximum atomic E-state index is 12.4. The van der Waals surface area contributed by atoms with Crippen molar-refractivity contribution in [3.63, 3.8) is 0 Å². The Balaban J connectivity index is 1.40. The summed E-state index contributed by atoms with van der Waals surface area (Å²) in [5.41, 5.74) is 1.90. The van der Waals surface area contributed by atoms with Gasteiger partial charge in [0.2, 0.25) is 5.91 Å². The van der Waals surface area contributed by atoms with Crippen LogP contribution in [0.5, 0.6) is 5.75 Å². The van der Waals surface area contributed by atoms with Gasteiger partial charge in [-0.05, 0) is 36.4 Å². The molecule has 5 heteroatoms. The van der Waals surface area contributed by atoms with Crippen LogP contribution in [0.2, 0.25) is 0 Å². The highest BCUT2D eigenvalue weighted by Gasteiger charge is 2.21. The van der Waals surface area contributed by atoms with Gasteiger partial charge in [0, 0.05) is 43.9 Å². The molecule has 0 aliphatic carbocycles. The van der Waals surface area contributed by atoms with Gasteiger partial charge in [-0.2, -0.15) is 0 Å². The lowest BCUT2D eigenvalue weighted by Gasteiger charge is -2.36. The molecule has 2 aromatic rings. The number of carbonyl (C=O) groups is 2. The Morgan fingerprint density at radius 3 is 2.22 bits per heavy atom. The smallest absolute Gasteiger partial charge is 0.226 e. The van der Waals surface area contributed by atoms with E-state index in [1.165, 1.54) is 5.69 Å². The lowest BCUT2D eigenvalue weighted by molar-refractivity contribution is -0.132. The van der Waals surface area contributed by atoms with Crippen molar-refractivity contribution in [2.75, 3.05) is 37.7 Å². The summed E-state index contributed by atoms with van der Waals surface area (Å²) in [4.78, 5) is 28.2. The van der Waals surface area contributed by atoms with Gasteiger partial charge in [-0.1, -0.05) is 25.1 Å². The second-order valence-corrected chi connectivity index (χ2v) is 6.60. The Labute approximate surface area is 160 Å². The van der Waals surface area contributed by atoms with E-state index in [1.54, 1.807) is 24.3 Å². The van der Waals surface area contributed by atoms with Crippen molar-refractivity contribution in [3.8, 4) is 5.75 Å². The summed E-state index contributed by atoms with van der Waals surface area (Å²) in [5.74, 6) is 0.927. The zero-order valence-electron chi connectivity index (χ0n) is 15.8. The quantitative estimate of drug-likeness (QED) is 0.705. The van der Waals surface area contributed by atoms with E-state index in [0.29, 0.717) is 30.8 Å². The number of Topliss-reactive ketones (excluding diaryl/α,β-unsaturated/α-hetero) is 1. The molecule has 0 unspecified atom stereocenters. The molecule has 3 rings (SSSR count). The highest BCUT2D eigenvalue weighted by atomic mass is 16.5. The molecule has 2 aromatic carbocycles. The summed E-state index contributed by atoms with van der Waals surface area (Å²) >= 11 is 0. The Hall–Kier alpha value is -2.82. The molecule has 0 N–H and O–H groups in total. The maximum Gasteiger partial charge on any atom is 0.226 e. The standard InChI is InChI=1S/C22H26N2O3/c1-2-21(25)18-8-10-20(11-9-18)27-17-12-22(26)24-15-13-23(14-16-24)19-6-4-3-5-7-19/h3-11H,2,12-17H2,1H3. The second kappa shape index (κ2) is 9.21. The lowest BCUT2D eigenvalue weighted by atomic mass is 10.1. The zero-order valence-corrected chi connectivity index (χ0v) is 15.8. The van der Waals surface area contributed by atoms with E-state index in [-0.39, 0.29) is 11.7 Å². The molecular weight excluding hydrogens is 340 g/mol. The predicted octanol–water partition coefficient (Wildman–Crippen LogP) is 3.40. The Kier molecular flexibility index (Phi) is 6.47. The number of rotatable bonds is 7. The molecule has 0 atom stereocenters. The number of nitrogens with zero attached hydrogens (tertiary/aromatic N) is 2. The van der Waals surface area contributed by atoms with Crippen LogP contribution in [0.3, 0.4) is 0 Å². The molecule has 0 spiro atoms. The van der Waals surface area contributed by atoms with E-state index in [9.17, 15) is 9.59 Å². The molecule has 1 fully saturated rings. The summed E-state index contributed by atoms with van der Waals surface area (Å²) in [6.07, 6.45) is 0.854. The van der Waals surface area contributed by atoms with Crippen LogP contribution in [0.25, 0.3) is 0 Å². The molecule has 0 aromatic heterocycles. The van der Waals surface area contributed by atoms with E-state index < -0.39 is 0 Å². The Morgan fingerprint density at radius 2 is 1.59 bits per heavy atom. The summed E-state index contributed by atoms with van der Waals surface area (Å²) in [6.45, 7) is 5.37. The molecule has 5 nitrogen and oxygen atoms in total. The third-order valence-corrected chi connectivity index (χ3v) is 4.84. The van der Waals surface area contributed by atoms with Gasteiger partial charge in [0.05, 0.1) is 13.0 Å². The fourth-order valence-corrected chi connectivity index (χ4v) is 3.21. The average Bonchev–Trinajstić information content (AvgIpc) is 2.74. The van der Waals surface area contributed by atoms with Gasteiger partial charge < -0.3 is 14.5 Å². The van der Waals surface area contributed by atoms with Crippen LogP contribution < -0.4 is 9.64 Å². The van der Waals surface area contributed by atoms with E-state index in [2.05, 4.69) is 17.0 Å². The number of hydrogen-bond acceptors (Lipinski definition) is 4. The summed E-state index contributed by atoms with van der Waals surface area (Å²) in [7, 11) is 0. The number of para-hydroxylation sites is 1. The van der Waals surface area contributed by atoms with Crippen LogP contribution >= 0.6 is 0 Å². The highest BCUT2D eigenvalue weighted by molar-refractivity contribution is 5.95. The first kappa shape index (κ1) is 19.0. The molecule has 142 valence electrons. The van der Waals surface area contributed by atoms with Gasteiger partial charge >= 0.3 is 0 Å². The van der Waals surface area contributed by atoms with E-state index >= 15 is 0 Å². The Morgan fingerprint density at radius 1 is 0.926 bits per heavy atom. The average molecular weight is 366 g/mol. The number of piperazine rings is 1. The van der Waals surface area contributed by atoms with Crippen molar-refractivity contribution in [2.24, 2.45) is 0 Å². The molecule has 27 heavy (non-hydrogen) atoms. The topological polar surface area (TPSA) is 49.9 Å². The number of hydrogen-bond donors (Lipinski definition) is 0. The molecule has 1 amide bonds. The van der Waals surface area contributed by atoms with Crippen LogP contribution in [0, 0.1) is 0 Å². The molecule has 0 radical (unpaired) electrons. The van der Waals surface area contributed by atoms with Gasteiger partial charge in [-0.15, -0.1) is 0 Å². The Bertz CT molecular complexity index is 751. The normalized spacial score (nSPS) is 14.1. The largest absolute Gasteiger partial charge is 0.493 e. The first-order chi connectivity index (χ1) is 13.2. The fraction of sp³-hybridized carbons (Fsp3) is 0.364. The van der Waals surface area contributed by atoms with Crippen molar-refractivity contribution in [1.82, 2.24) is 4.90 Å². The molecule has 0 bridgehead atoms. The number of benzene rings is 2. The van der Waals surface area contributed by atoms with Gasteiger partial charge in [0.1, 0.15) is 5.75 Å². The first-order valence-electron chi connectivity index (χ1n) is 9.51. The molecule has 1 aliphatic rings. The van der Waals surface area contributed by atoms with E-state index in [1.807, 2.05) is 30.0 Å². The first-order valence-corrected chi connectivity index (χ1v) is 9.51. The number of carbonyl (C=O) groups excluding carboxylic acids is 2. The lowest BCUT2D eigenvalue weighted by Crippen LogP contribution is -2.49.